The number of fused-ring (bicyclic) bond motifs is 1. The smallest absolute Gasteiger partial charge is 0.0741 e. The van der Waals surface area contributed by atoms with Gasteiger partial charge in [0, 0.05) is 47.0 Å². The van der Waals surface area contributed by atoms with Gasteiger partial charge in [0.1, 0.15) is 0 Å². The summed E-state index contributed by atoms with van der Waals surface area (Å²) in [5.41, 5.74) is 5.58. The molecule has 26 heavy (non-hydrogen) atoms. The predicted octanol–water partition coefficient (Wildman–Crippen LogP) is 3.95. The first-order valence-corrected chi connectivity index (χ1v) is 9.38. The van der Waals surface area contributed by atoms with Crippen LogP contribution in [0.1, 0.15) is 31.7 Å². The highest BCUT2D eigenvalue weighted by atomic mass is 15.3. The van der Waals surface area contributed by atoms with Gasteiger partial charge in [0.05, 0.1) is 24.0 Å². The first-order valence-electron chi connectivity index (χ1n) is 9.38. The zero-order chi connectivity index (χ0) is 17.1. The number of rotatable bonds is 5. The molecule has 1 N–H and O–H groups in total. The van der Waals surface area contributed by atoms with Gasteiger partial charge in [-0.1, -0.05) is 0 Å². The minimum Gasteiger partial charge on any atom is -0.285 e. The van der Waals surface area contributed by atoms with Gasteiger partial charge in [-0.2, -0.15) is 15.3 Å². The molecule has 6 heteroatoms. The van der Waals surface area contributed by atoms with Crippen molar-refractivity contribution in [3.8, 4) is 22.3 Å². The average Bonchev–Trinajstić information content (AvgIpc) is 3.48. The zero-order valence-electron chi connectivity index (χ0n) is 14.4. The topological polar surface area (TPSA) is 63.8 Å². The second-order valence-electron chi connectivity index (χ2n) is 7.66. The van der Waals surface area contributed by atoms with Gasteiger partial charge >= 0.3 is 0 Å². The Hall–Kier alpha value is -2.89. The minimum atomic E-state index is 0.599. The maximum absolute atomic E-state index is 4.77. The van der Waals surface area contributed by atoms with E-state index in [1.54, 1.807) is 0 Å². The van der Waals surface area contributed by atoms with Crippen molar-refractivity contribution in [2.45, 2.75) is 31.7 Å². The SMILES string of the molecule is c1cc2c(-c3cnn(C(C4CC4)C4CC4)c3)cc(-c3cn[nH]c3)cn2n1. The summed E-state index contributed by atoms with van der Waals surface area (Å²) >= 11 is 0. The first-order chi connectivity index (χ1) is 12.9. The summed E-state index contributed by atoms with van der Waals surface area (Å²) in [5.74, 6) is 1.67. The lowest BCUT2D eigenvalue weighted by atomic mass is 10.0. The lowest BCUT2D eigenvalue weighted by Crippen LogP contribution is -2.13. The summed E-state index contributed by atoms with van der Waals surface area (Å²) in [7, 11) is 0. The van der Waals surface area contributed by atoms with Crippen LogP contribution >= 0.6 is 0 Å². The van der Waals surface area contributed by atoms with E-state index in [4.69, 9.17) is 5.10 Å². The molecule has 0 amide bonds. The van der Waals surface area contributed by atoms with Crippen molar-refractivity contribution in [2.75, 3.05) is 0 Å². The van der Waals surface area contributed by atoms with E-state index in [0.29, 0.717) is 6.04 Å². The van der Waals surface area contributed by atoms with Crippen molar-refractivity contribution in [3.63, 3.8) is 0 Å². The number of nitrogens with zero attached hydrogens (tertiary/aromatic N) is 5. The number of hydrogen-bond acceptors (Lipinski definition) is 3. The Bertz CT molecular complexity index is 1050. The molecule has 0 unspecified atom stereocenters. The molecule has 0 bridgehead atoms. The molecule has 0 saturated heterocycles. The van der Waals surface area contributed by atoms with Gasteiger partial charge in [0.2, 0.25) is 0 Å². The molecule has 4 heterocycles. The van der Waals surface area contributed by atoms with Gasteiger partial charge in [-0.3, -0.25) is 9.78 Å². The van der Waals surface area contributed by atoms with E-state index in [1.807, 2.05) is 35.5 Å². The molecule has 4 aromatic heterocycles. The summed E-state index contributed by atoms with van der Waals surface area (Å²) < 4.78 is 4.18. The van der Waals surface area contributed by atoms with Crippen LogP contribution in [-0.4, -0.2) is 29.6 Å². The quantitative estimate of drug-likeness (QED) is 0.596. The lowest BCUT2D eigenvalue weighted by Gasteiger charge is -2.15. The predicted molar refractivity (Wildman–Crippen MR) is 98.5 cm³/mol. The third kappa shape index (κ3) is 2.29. The molecular weight excluding hydrogens is 324 g/mol. The maximum Gasteiger partial charge on any atom is 0.0741 e. The number of nitrogens with one attached hydrogen (secondary N) is 1. The monoisotopic (exact) mass is 344 g/mol. The molecule has 2 saturated carbocycles. The van der Waals surface area contributed by atoms with Crippen LogP contribution in [0.3, 0.4) is 0 Å². The number of pyridine rings is 1. The second-order valence-corrected chi connectivity index (χ2v) is 7.66. The molecule has 0 radical (unpaired) electrons. The molecule has 0 aliphatic heterocycles. The second kappa shape index (κ2) is 5.30. The van der Waals surface area contributed by atoms with Crippen LogP contribution in [0.25, 0.3) is 27.8 Å². The van der Waals surface area contributed by atoms with Crippen molar-refractivity contribution < 1.29 is 0 Å². The van der Waals surface area contributed by atoms with Crippen molar-refractivity contribution in [1.29, 1.82) is 0 Å². The van der Waals surface area contributed by atoms with E-state index in [-0.39, 0.29) is 0 Å². The van der Waals surface area contributed by atoms with Crippen LogP contribution in [0.5, 0.6) is 0 Å². The van der Waals surface area contributed by atoms with E-state index in [1.165, 1.54) is 25.7 Å². The number of hydrogen-bond donors (Lipinski definition) is 1. The Morgan fingerprint density at radius 2 is 1.81 bits per heavy atom. The first kappa shape index (κ1) is 14.3. The molecule has 2 aliphatic rings. The van der Waals surface area contributed by atoms with Gasteiger partial charge in [-0.05, 0) is 49.7 Å². The van der Waals surface area contributed by atoms with Gasteiger partial charge in [0.25, 0.3) is 0 Å². The Morgan fingerprint density at radius 1 is 0.962 bits per heavy atom. The average molecular weight is 344 g/mol. The summed E-state index contributed by atoms with van der Waals surface area (Å²) in [6.07, 6.45) is 17.3. The molecule has 0 spiro atoms. The summed E-state index contributed by atoms with van der Waals surface area (Å²) in [6, 6.07) is 4.87. The summed E-state index contributed by atoms with van der Waals surface area (Å²) in [6.45, 7) is 0. The van der Waals surface area contributed by atoms with Gasteiger partial charge in [0.15, 0.2) is 0 Å². The normalized spacial score (nSPS) is 17.4. The van der Waals surface area contributed by atoms with Crippen molar-refractivity contribution >= 4 is 5.52 Å². The highest BCUT2D eigenvalue weighted by Gasteiger charge is 2.43. The fraction of sp³-hybridized carbons (Fsp3) is 0.350. The van der Waals surface area contributed by atoms with Crippen molar-refractivity contribution in [1.82, 2.24) is 29.6 Å². The third-order valence-electron chi connectivity index (χ3n) is 5.77. The Balaban J connectivity index is 1.46. The summed E-state index contributed by atoms with van der Waals surface area (Å²) in [4.78, 5) is 0. The highest BCUT2D eigenvalue weighted by molar-refractivity contribution is 5.83. The lowest BCUT2D eigenvalue weighted by molar-refractivity contribution is 0.361. The standard InChI is InChI=1S/C20H20N6/c1-2-13(1)20(14-3-4-14)26-12-17(10-24-26)18-7-15(16-8-21-22-9-16)11-25-19(18)5-6-23-25/h5-14,20H,1-4H2,(H,21,22). The van der Waals surface area contributed by atoms with E-state index in [9.17, 15) is 0 Å². The van der Waals surface area contributed by atoms with Crippen LogP contribution < -0.4 is 0 Å². The minimum absolute atomic E-state index is 0.599. The molecule has 4 aromatic rings. The maximum atomic E-state index is 4.77. The largest absolute Gasteiger partial charge is 0.285 e. The Labute approximate surface area is 150 Å². The van der Waals surface area contributed by atoms with E-state index >= 15 is 0 Å². The zero-order valence-corrected chi connectivity index (χ0v) is 14.4. The third-order valence-corrected chi connectivity index (χ3v) is 5.77. The fourth-order valence-corrected chi connectivity index (χ4v) is 4.16. The van der Waals surface area contributed by atoms with Crippen LogP contribution in [0.15, 0.2) is 49.3 Å². The fourth-order valence-electron chi connectivity index (χ4n) is 4.16. The Kier molecular flexibility index (Phi) is 2.92. The highest BCUT2D eigenvalue weighted by Crippen LogP contribution is 2.52. The molecule has 2 fully saturated rings. The van der Waals surface area contributed by atoms with Gasteiger partial charge in [-0.25, -0.2) is 4.52 Å². The molecule has 6 nitrogen and oxygen atoms in total. The van der Waals surface area contributed by atoms with E-state index < -0.39 is 0 Å². The van der Waals surface area contributed by atoms with Crippen LogP contribution in [0.4, 0.5) is 0 Å². The molecule has 0 aromatic carbocycles. The molecule has 0 atom stereocenters. The molecule has 6 rings (SSSR count). The number of aromatic amines is 1. The molecule has 130 valence electrons. The van der Waals surface area contributed by atoms with Crippen molar-refractivity contribution in [3.05, 3.63) is 49.3 Å². The van der Waals surface area contributed by atoms with Crippen LogP contribution in [0, 0.1) is 11.8 Å². The van der Waals surface area contributed by atoms with Crippen LogP contribution in [0.2, 0.25) is 0 Å². The Morgan fingerprint density at radius 3 is 2.54 bits per heavy atom. The number of H-pyrrole nitrogens is 1. The van der Waals surface area contributed by atoms with E-state index in [0.717, 1.165) is 39.6 Å². The van der Waals surface area contributed by atoms with Crippen molar-refractivity contribution in [2.24, 2.45) is 11.8 Å². The number of aromatic nitrogens is 6. The molecular formula is C20H20N6. The summed E-state index contributed by atoms with van der Waals surface area (Å²) in [5, 5.41) is 16.2. The van der Waals surface area contributed by atoms with Crippen LogP contribution in [-0.2, 0) is 0 Å². The molecule has 2 aliphatic carbocycles. The van der Waals surface area contributed by atoms with E-state index in [2.05, 4.69) is 38.3 Å². The van der Waals surface area contributed by atoms with Gasteiger partial charge < -0.3 is 0 Å². The van der Waals surface area contributed by atoms with Gasteiger partial charge in [-0.15, -0.1) is 0 Å².